The molecular formula is C31H36Cl3N3O5S. The van der Waals surface area contributed by atoms with Crippen molar-refractivity contribution in [2.24, 2.45) is 0 Å². The van der Waals surface area contributed by atoms with E-state index < -0.39 is 16.1 Å². The number of carbonyl (C=O) groups excluding carboxylic acids is 2. The molecule has 0 aliphatic carbocycles. The Labute approximate surface area is 268 Å². The fourth-order valence-corrected chi connectivity index (χ4v) is 6.26. The number of methoxy groups -OCH3 is 1. The number of ether oxygens (including phenoxy) is 1. The standard InChI is InChI=1S/C31H36Cl3N3O5S/c1-21(2)35-31(39)28(17-22-9-6-5-7-10-22)36(20-23-12-13-24(32)18-26(23)33)30(38)11-8-16-37(43(4,40)41)25-14-15-29(42-3)27(34)19-25/h5-7,9-10,12-15,18-19,21,28H,8,11,16-17,20H2,1-4H3,(H,35,39)/t28-/m0/s1. The summed E-state index contributed by atoms with van der Waals surface area (Å²) in [5, 5.41) is 4.02. The molecule has 0 bridgehead atoms. The molecule has 1 N–H and O–H groups in total. The SMILES string of the molecule is COc1ccc(N(CCCC(=O)N(Cc2ccc(Cl)cc2Cl)[C@@H](Cc2ccccc2)C(=O)NC(C)C)S(C)(=O)=O)cc1Cl. The first-order valence-electron chi connectivity index (χ1n) is 13.7. The summed E-state index contributed by atoms with van der Waals surface area (Å²) >= 11 is 18.8. The normalized spacial score (nSPS) is 12.1. The summed E-state index contributed by atoms with van der Waals surface area (Å²) in [5.41, 5.74) is 1.86. The van der Waals surface area contributed by atoms with Crippen molar-refractivity contribution in [2.75, 3.05) is 24.2 Å². The molecule has 2 amide bonds. The zero-order valence-electron chi connectivity index (χ0n) is 24.5. The van der Waals surface area contributed by atoms with Crippen LogP contribution >= 0.6 is 34.8 Å². The number of amides is 2. The molecule has 0 fully saturated rings. The molecular weight excluding hydrogens is 633 g/mol. The van der Waals surface area contributed by atoms with Gasteiger partial charge in [-0.05, 0) is 61.7 Å². The van der Waals surface area contributed by atoms with E-state index in [9.17, 15) is 18.0 Å². The summed E-state index contributed by atoms with van der Waals surface area (Å²) in [4.78, 5) is 29.0. The molecule has 0 saturated heterocycles. The number of hydrogen-bond donors (Lipinski definition) is 1. The smallest absolute Gasteiger partial charge is 0.243 e. The van der Waals surface area contributed by atoms with Crippen molar-refractivity contribution in [1.82, 2.24) is 10.2 Å². The summed E-state index contributed by atoms with van der Waals surface area (Å²) in [6.07, 6.45) is 1.52. The Morgan fingerprint density at radius 1 is 0.953 bits per heavy atom. The van der Waals surface area contributed by atoms with Crippen molar-refractivity contribution in [3.63, 3.8) is 0 Å². The molecule has 8 nitrogen and oxygen atoms in total. The van der Waals surface area contributed by atoms with Gasteiger partial charge >= 0.3 is 0 Å². The first-order valence-corrected chi connectivity index (χ1v) is 16.7. The van der Waals surface area contributed by atoms with Crippen LogP contribution in [0.25, 0.3) is 0 Å². The van der Waals surface area contributed by atoms with Gasteiger partial charge in [-0.3, -0.25) is 13.9 Å². The summed E-state index contributed by atoms with van der Waals surface area (Å²) in [5.74, 6) is -0.218. The number of benzene rings is 3. The fraction of sp³-hybridized carbons (Fsp3) is 0.355. The van der Waals surface area contributed by atoms with Crippen LogP contribution in [0.4, 0.5) is 5.69 Å². The Kier molecular flexibility index (Phi) is 12.6. The lowest BCUT2D eigenvalue weighted by atomic mass is 10.0. The van der Waals surface area contributed by atoms with E-state index in [1.807, 2.05) is 44.2 Å². The number of hydrogen-bond acceptors (Lipinski definition) is 5. The van der Waals surface area contributed by atoms with Crippen LogP contribution in [0.3, 0.4) is 0 Å². The van der Waals surface area contributed by atoms with Gasteiger partial charge in [0, 0.05) is 42.0 Å². The van der Waals surface area contributed by atoms with Gasteiger partial charge in [-0.15, -0.1) is 0 Å². The van der Waals surface area contributed by atoms with Gasteiger partial charge in [-0.1, -0.05) is 71.2 Å². The molecule has 0 aliphatic heterocycles. The highest BCUT2D eigenvalue weighted by Gasteiger charge is 2.31. The second-order valence-corrected chi connectivity index (χ2v) is 13.5. The molecule has 0 spiro atoms. The van der Waals surface area contributed by atoms with Gasteiger partial charge in [0.05, 0.1) is 24.1 Å². The summed E-state index contributed by atoms with van der Waals surface area (Å²) in [7, 11) is -2.23. The first kappa shape index (κ1) is 34.5. The average Bonchev–Trinajstić information content (AvgIpc) is 2.93. The monoisotopic (exact) mass is 667 g/mol. The average molecular weight is 669 g/mol. The Morgan fingerprint density at radius 2 is 1.65 bits per heavy atom. The zero-order valence-corrected chi connectivity index (χ0v) is 27.6. The van der Waals surface area contributed by atoms with E-state index in [1.54, 1.807) is 30.3 Å². The van der Waals surface area contributed by atoms with Crippen molar-refractivity contribution < 1.29 is 22.7 Å². The van der Waals surface area contributed by atoms with Gasteiger partial charge in [0.2, 0.25) is 21.8 Å². The predicted octanol–water partition coefficient (Wildman–Crippen LogP) is 6.37. The number of carbonyl (C=O) groups is 2. The molecule has 0 unspecified atom stereocenters. The number of halogens is 3. The van der Waals surface area contributed by atoms with Crippen molar-refractivity contribution >= 4 is 62.3 Å². The number of sulfonamides is 1. The van der Waals surface area contributed by atoms with Gasteiger partial charge in [0.1, 0.15) is 11.8 Å². The fourth-order valence-electron chi connectivity index (χ4n) is 4.58. The van der Waals surface area contributed by atoms with Crippen molar-refractivity contribution in [3.05, 3.63) is 92.9 Å². The van der Waals surface area contributed by atoms with Gasteiger partial charge in [0.15, 0.2) is 0 Å². The highest BCUT2D eigenvalue weighted by molar-refractivity contribution is 7.92. The van der Waals surface area contributed by atoms with E-state index in [-0.39, 0.29) is 55.2 Å². The van der Waals surface area contributed by atoms with E-state index >= 15 is 0 Å². The van der Waals surface area contributed by atoms with E-state index in [0.29, 0.717) is 27.0 Å². The third kappa shape index (κ3) is 10.0. The Morgan fingerprint density at radius 3 is 2.23 bits per heavy atom. The quantitative estimate of drug-likeness (QED) is 0.216. The summed E-state index contributed by atoms with van der Waals surface area (Å²) in [6, 6.07) is 18.1. The van der Waals surface area contributed by atoms with E-state index in [0.717, 1.165) is 11.8 Å². The molecule has 3 aromatic rings. The van der Waals surface area contributed by atoms with Crippen LogP contribution in [-0.4, -0.2) is 57.1 Å². The van der Waals surface area contributed by atoms with Crippen LogP contribution in [0.1, 0.15) is 37.8 Å². The second kappa shape index (κ2) is 15.7. The minimum atomic E-state index is -3.70. The van der Waals surface area contributed by atoms with Crippen LogP contribution < -0.4 is 14.4 Å². The van der Waals surface area contributed by atoms with Gasteiger partial charge < -0.3 is 15.0 Å². The largest absolute Gasteiger partial charge is 0.495 e. The molecule has 1 atom stereocenters. The lowest BCUT2D eigenvalue weighted by molar-refractivity contribution is -0.141. The summed E-state index contributed by atoms with van der Waals surface area (Å²) in [6.45, 7) is 3.78. The minimum Gasteiger partial charge on any atom is -0.495 e. The van der Waals surface area contributed by atoms with Gasteiger partial charge in [-0.25, -0.2) is 8.42 Å². The van der Waals surface area contributed by atoms with Crippen LogP contribution in [0, 0.1) is 0 Å². The van der Waals surface area contributed by atoms with Crippen molar-refractivity contribution in [3.8, 4) is 5.75 Å². The Hall–Kier alpha value is -2.98. The molecule has 12 heteroatoms. The van der Waals surface area contributed by atoms with Crippen LogP contribution in [0.2, 0.25) is 15.1 Å². The summed E-state index contributed by atoms with van der Waals surface area (Å²) < 4.78 is 31.8. The number of nitrogens with one attached hydrogen (secondary N) is 1. The minimum absolute atomic E-state index is 0.0182. The second-order valence-electron chi connectivity index (χ2n) is 10.4. The highest BCUT2D eigenvalue weighted by atomic mass is 35.5. The maximum Gasteiger partial charge on any atom is 0.243 e. The van der Waals surface area contributed by atoms with E-state index in [1.165, 1.54) is 22.4 Å². The van der Waals surface area contributed by atoms with Crippen LogP contribution in [-0.2, 0) is 32.6 Å². The molecule has 0 aliphatic rings. The van der Waals surface area contributed by atoms with Crippen molar-refractivity contribution in [1.29, 1.82) is 0 Å². The number of rotatable bonds is 14. The van der Waals surface area contributed by atoms with Crippen LogP contribution in [0.5, 0.6) is 5.75 Å². The first-order chi connectivity index (χ1) is 20.3. The predicted molar refractivity (Wildman–Crippen MR) is 174 cm³/mol. The van der Waals surface area contributed by atoms with Gasteiger partial charge in [-0.2, -0.15) is 0 Å². The topological polar surface area (TPSA) is 96.0 Å². The number of nitrogens with zero attached hydrogens (tertiary/aromatic N) is 2. The van der Waals surface area contributed by atoms with Gasteiger partial charge in [0.25, 0.3) is 0 Å². The maximum atomic E-state index is 13.9. The van der Waals surface area contributed by atoms with Crippen LogP contribution in [0.15, 0.2) is 66.7 Å². The third-order valence-corrected chi connectivity index (χ3v) is 8.71. The van der Waals surface area contributed by atoms with E-state index in [2.05, 4.69) is 5.32 Å². The molecule has 232 valence electrons. The maximum absolute atomic E-state index is 13.9. The Bertz CT molecular complexity index is 1520. The lowest BCUT2D eigenvalue weighted by Crippen LogP contribution is -2.51. The molecule has 43 heavy (non-hydrogen) atoms. The lowest BCUT2D eigenvalue weighted by Gasteiger charge is -2.32. The zero-order chi connectivity index (χ0) is 31.7. The third-order valence-electron chi connectivity index (χ3n) is 6.63. The van der Waals surface area contributed by atoms with E-state index in [4.69, 9.17) is 39.5 Å². The molecule has 3 aromatic carbocycles. The molecule has 0 aromatic heterocycles. The molecule has 3 rings (SSSR count). The Balaban J connectivity index is 1.91. The van der Waals surface area contributed by atoms with Crippen molar-refractivity contribution in [2.45, 2.75) is 51.7 Å². The highest BCUT2D eigenvalue weighted by Crippen LogP contribution is 2.31. The number of anilines is 1. The molecule has 0 radical (unpaired) electrons. The molecule has 0 heterocycles. The molecule has 0 saturated carbocycles.